The van der Waals surface area contributed by atoms with Crippen LogP contribution in [0.1, 0.15) is 31.7 Å². The molecule has 3 atom stereocenters. The Morgan fingerprint density at radius 2 is 2.00 bits per heavy atom. The molecule has 0 spiro atoms. The van der Waals surface area contributed by atoms with Crippen molar-refractivity contribution in [3.05, 3.63) is 41.5 Å². The maximum Gasteiger partial charge on any atom is 0.339 e. The van der Waals surface area contributed by atoms with Crippen LogP contribution in [-0.4, -0.2) is 12.1 Å². The van der Waals surface area contributed by atoms with Crippen LogP contribution < -0.4 is 0 Å². The molecule has 18 heavy (non-hydrogen) atoms. The molecule has 1 aromatic rings. The summed E-state index contributed by atoms with van der Waals surface area (Å²) in [6.07, 6.45) is 3.47. The number of esters is 1. The normalized spacial score (nSPS) is 37.1. The zero-order chi connectivity index (χ0) is 12.3. The van der Waals surface area contributed by atoms with Crippen molar-refractivity contribution in [2.24, 2.45) is 11.3 Å². The molecule has 1 heterocycles. The van der Waals surface area contributed by atoms with Gasteiger partial charge in [-0.2, -0.15) is 0 Å². The second kappa shape index (κ2) is 3.25. The van der Waals surface area contributed by atoms with Crippen molar-refractivity contribution in [3.63, 3.8) is 0 Å². The number of carbonyl (C=O) groups is 1. The zero-order valence-corrected chi connectivity index (χ0v) is 10.5. The van der Waals surface area contributed by atoms with Crippen LogP contribution >= 0.6 is 0 Å². The van der Waals surface area contributed by atoms with Crippen molar-refractivity contribution in [1.82, 2.24) is 0 Å². The molecule has 2 saturated carbocycles. The SMILES string of the molecule is CC12C3=C(c4ccccc4)C(=O)OC1CCC2C3. The highest BCUT2D eigenvalue weighted by Crippen LogP contribution is 2.65. The monoisotopic (exact) mass is 240 g/mol. The van der Waals surface area contributed by atoms with Gasteiger partial charge in [-0.1, -0.05) is 37.3 Å². The van der Waals surface area contributed by atoms with Crippen molar-refractivity contribution >= 4 is 11.5 Å². The van der Waals surface area contributed by atoms with Gasteiger partial charge in [0.25, 0.3) is 0 Å². The molecular formula is C16H16O2. The van der Waals surface area contributed by atoms with Crippen molar-refractivity contribution in [2.75, 3.05) is 0 Å². The van der Waals surface area contributed by atoms with Crippen LogP contribution in [-0.2, 0) is 9.53 Å². The van der Waals surface area contributed by atoms with Crippen molar-refractivity contribution in [3.8, 4) is 0 Å². The topological polar surface area (TPSA) is 26.3 Å². The number of ether oxygens (including phenoxy) is 1. The summed E-state index contributed by atoms with van der Waals surface area (Å²) in [4.78, 5) is 12.2. The van der Waals surface area contributed by atoms with Crippen LogP contribution in [0, 0.1) is 11.3 Å². The van der Waals surface area contributed by atoms with E-state index in [1.54, 1.807) is 0 Å². The van der Waals surface area contributed by atoms with Gasteiger partial charge < -0.3 is 4.74 Å². The van der Waals surface area contributed by atoms with E-state index in [-0.39, 0.29) is 17.5 Å². The van der Waals surface area contributed by atoms with E-state index in [1.807, 2.05) is 30.3 Å². The quantitative estimate of drug-likeness (QED) is 0.705. The van der Waals surface area contributed by atoms with Crippen LogP contribution in [0.2, 0.25) is 0 Å². The van der Waals surface area contributed by atoms with E-state index in [1.165, 1.54) is 12.0 Å². The summed E-state index contributed by atoms with van der Waals surface area (Å²) >= 11 is 0. The van der Waals surface area contributed by atoms with E-state index in [9.17, 15) is 4.79 Å². The van der Waals surface area contributed by atoms with E-state index >= 15 is 0 Å². The molecule has 0 amide bonds. The Hall–Kier alpha value is -1.57. The molecule has 0 saturated heterocycles. The molecular weight excluding hydrogens is 224 g/mol. The Morgan fingerprint density at radius 3 is 2.78 bits per heavy atom. The Balaban J connectivity index is 1.90. The average Bonchev–Trinajstić information content (AvgIpc) is 2.67. The molecule has 2 nitrogen and oxygen atoms in total. The first-order valence-corrected chi connectivity index (χ1v) is 6.71. The number of benzene rings is 1. The van der Waals surface area contributed by atoms with Gasteiger partial charge in [0.15, 0.2) is 0 Å². The minimum atomic E-state index is -0.112. The third-order valence-electron chi connectivity index (χ3n) is 5.21. The molecule has 1 aliphatic heterocycles. The fourth-order valence-electron chi connectivity index (χ4n) is 4.07. The third kappa shape index (κ3) is 1.07. The number of rotatable bonds is 1. The van der Waals surface area contributed by atoms with Gasteiger partial charge in [-0.15, -0.1) is 0 Å². The molecule has 92 valence electrons. The summed E-state index contributed by atoms with van der Waals surface area (Å²) in [7, 11) is 0. The number of hydrogen-bond acceptors (Lipinski definition) is 2. The lowest BCUT2D eigenvalue weighted by Crippen LogP contribution is -2.49. The first-order valence-electron chi connectivity index (χ1n) is 6.71. The Bertz CT molecular complexity index is 558. The fourth-order valence-corrected chi connectivity index (χ4v) is 4.07. The van der Waals surface area contributed by atoms with Crippen molar-refractivity contribution < 1.29 is 9.53 Å². The smallest absolute Gasteiger partial charge is 0.339 e. The van der Waals surface area contributed by atoms with E-state index in [0.29, 0.717) is 0 Å². The van der Waals surface area contributed by atoms with Gasteiger partial charge in [-0.3, -0.25) is 0 Å². The average molecular weight is 240 g/mol. The Labute approximate surface area is 107 Å². The highest BCUT2D eigenvalue weighted by atomic mass is 16.5. The maximum absolute atomic E-state index is 12.2. The largest absolute Gasteiger partial charge is 0.458 e. The molecule has 0 N–H and O–H groups in total. The van der Waals surface area contributed by atoms with Gasteiger partial charge in [0.1, 0.15) is 6.10 Å². The Morgan fingerprint density at radius 1 is 1.22 bits per heavy atom. The van der Waals surface area contributed by atoms with Crippen LogP contribution in [0.15, 0.2) is 35.9 Å². The van der Waals surface area contributed by atoms with Crippen molar-refractivity contribution in [1.29, 1.82) is 0 Å². The van der Waals surface area contributed by atoms with Gasteiger partial charge in [0, 0.05) is 5.41 Å². The summed E-state index contributed by atoms with van der Waals surface area (Å²) in [6.45, 7) is 2.28. The van der Waals surface area contributed by atoms with Gasteiger partial charge >= 0.3 is 5.97 Å². The number of hydrogen-bond donors (Lipinski definition) is 0. The molecule has 4 rings (SSSR count). The van der Waals surface area contributed by atoms with E-state index in [2.05, 4.69) is 6.92 Å². The summed E-state index contributed by atoms with van der Waals surface area (Å²) < 4.78 is 5.68. The summed E-state index contributed by atoms with van der Waals surface area (Å²) in [6, 6.07) is 9.96. The summed E-state index contributed by atoms with van der Waals surface area (Å²) in [5.74, 6) is 0.614. The first kappa shape index (κ1) is 10.4. The molecule has 2 heteroatoms. The van der Waals surface area contributed by atoms with Crippen molar-refractivity contribution in [2.45, 2.75) is 32.3 Å². The zero-order valence-electron chi connectivity index (χ0n) is 10.5. The highest BCUT2D eigenvalue weighted by molar-refractivity contribution is 6.19. The van der Waals surface area contributed by atoms with E-state index in [4.69, 9.17) is 4.74 Å². The summed E-state index contributed by atoms with van der Waals surface area (Å²) in [5, 5.41) is 0. The van der Waals surface area contributed by atoms with Crippen LogP contribution in [0.25, 0.3) is 5.57 Å². The fraction of sp³-hybridized carbons (Fsp3) is 0.438. The van der Waals surface area contributed by atoms with E-state index in [0.717, 1.165) is 29.9 Å². The lowest BCUT2D eigenvalue weighted by Gasteiger charge is -2.51. The number of carbonyl (C=O) groups excluding carboxylic acids is 1. The second-order valence-corrected chi connectivity index (χ2v) is 5.87. The highest BCUT2D eigenvalue weighted by Gasteiger charge is 2.61. The molecule has 2 fully saturated rings. The summed E-state index contributed by atoms with van der Waals surface area (Å²) in [5.41, 5.74) is 3.34. The van der Waals surface area contributed by atoms with Gasteiger partial charge in [-0.05, 0) is 36.3 Å². The van der Waals surface area contributed by atoms with E-state index < -0.39 is 0 Å². The lowest BCUT2D eigenvalue weighted by atomic mass is 9.56. The molecule has 3 aliphatic rings. The molecule has 0 radical (unpaired) electrons. The van der Waals surface area contributed by atoms with Crippen LogP contribution in [0.4, 0.5) is 0 Å². The molecule has 3 unspecified atom stereocenters. The molecule has 1 aromatic carbocycles. The van der Waals surface area contributed by atoms with Crippen LogP contribution in [0.5, 0.6) is 0 Å². The molecule has 0 aromatic heterocycles. The van der Waals surface area contributed by atoms with Gasteiger partial charge in [0.05, 0.1) is 5.57 Å². The third-order valence-corrected chi connectivity index (χ3v) is 5.21. The minimum Gasteiger partial charge on any atom is -0.458 e. The minimum absolute atomic E-state index is 0.112. The standard InChI is InChI=1S/C16H16O2/c1-16-11-7-8-13(16)18-15(17)14(12(16)9-11)10-5-3-2-4-6-10/h2-6,11,13H,7-9H2,1H3. The van der Waals surface area contributed by atoms with Crippen LogP contribution in [0.3, 0.4) is 0 Å². The van der Waals surface area contributed by atoms with Gasteiger partial charge in [-0.25, -0.2) is 4.79 Å². The first-order chi connectivity index (χ1) is 8.71. The lowest BCUT2D eigenvalue weighted by molar-refractivity contribution is -0.151. The second-order valence-electron chi connectivity index (χ2n) is 5.87. The Kier molecular flexibility index (Phi) is 1.87. The van der Waals surface area contributed by atoms with Gasteiger partial charge in [0.2, 0.25) is 0 Å². The molecule has 2 aliphatic carbocycles. The predicted octanol–water partition coefficient (Wildman–Crippen LogP) is 3.19. The predicted molar refractivity (Wildman–Crippen MR) is 68.7 cm³/mol. The maximum atomic E-state index is 12.2. The molecule has 0 bridgehead atoms.